The minimum absolute atomic E-state index is 0.119. The maximum absolute atomic E-state index is 13.3. The summed E-state index contributed by atoms with van der Waals surface area (Å²) in [5.41, 5.74) is -0.331. The molecular formula is C15H18FN3O2. The predicted octanol–water partition coefficient (Wildman–Crippen LogP) is 1.24. The molecule has 1 N–H and O–H groups in total. The lowest BCUT2D eigenvalue weighted by atomic mass is 9.94. The molecule has 2 amide bonds. The molecule has 2 heterocycles. The van der Waals surface area contributed by atoms with E-state index in [2.05, 4.69) is 10.3 Å². The van der Waals surface area contributed by atoms with Crippen molar-refractivity contribution >= 4 is 11.8 Å². The predicted molar refractivity (Wildman–Crippen MR) is 73.5 cm³/mol. The van der Waals surface area contributed by atoms with Gasteiger partial charge >= 0.3 is 0 Å². The molecule has 5 nitrogen and oxygen atoms in total. The summed E-state index contributed by atoms with van der Waals surface area (Å²) in [6, 6.07) is 0.901. The van der Waals surface area contributed by atoms with Gasteiger partial charge in [0.2, 0.25) is 11.8 Å². The Hall–Kier alpha value is -1.98. The molecule has 2 fully saturated rings. The molecule has 1 aromatic heterocycles. The molecule has 1 unspecified atom stereocenters. The number of pyridine rings is 1. The number of amides is 2. The van der Waals surface area contributed by atoms with Crippen LogP contribution in [0, 0.1) is 11.7 Å². The van der Waals surface area contributed by atoms with Crippen molar-refractivity contribution in [3.05, 3.63) is 29.8 Å². The lowest BCUT2D eigenvalue weighted by molar-refractivity contribution is -0.155. The lowest BCUT2D eigenvalue weighted by Crippen LogP contribution is -2.68. The van der Waals surface area contributed by atoms with Gasteiger partial charge in [0.25, 0.3) is 0 Å². The number of nitrogens with one attached hydrogen (secondary N) is 1. The zero-order valence-corrected chi connectivity index (χ0v) is 12.1. The number of carbonyl (C=O) groups excluding carboxylic acids is 2. The van der Waals surface area contributed by atoms with E-state index in [4.69, 9.17) is 0 Å². The first kappa shape index (κ1) is 14.0. The second-order valence-electron chi connectivity index (χ2n) is 6.34. The Morgan fingerprint density at radius 2 is 2.10 bits per heavy atom. The van der Waals surface area contributed by atoms with Crippen molar-refractivity contribution in [3.63, 3.8) is 0 Å². The van der Waals surface area contributed by atoms with E-state index in [-0.39, 0.29) is 24.3 Å². The van der Waals surface area contributed by atoms with Crippen LogP contribution in [0.2, 0.25) is 0 Å². The summed E-state index contributed by atoms with van der Waals surface area (Å²) in [6.45, 7) is 3.59. The van der Waals surface area contributed by atoms with Gasteiger partial charge in [-0.1, -0.05) is 0 Å². The maximum atomic E-state index is 13.3. The van der Waals surface area contributed by atoms with E-state index < -0.39 is 17.4 Å². The van der Waals surface area contributed by atoms with Gasteiger partial charge in [-0.3, -0.25) is 14.6 Å². The Morgan fingerprint density at radius 3 is 2.71 bits per heavy atom. The molecule has 3 rings (SSSR count). The van der Waals surface area contributed by atoms with Crippen LogP contribution in [0.3, 0.4) is 0 Å². The minimum atomic E-state index is -0.927. The molecule has 0 radical (unpaired) electrons. The van der Waals surface area contributed by atoms with Crippen molar-refractivity contribution in [2.75, 3.05) is 0 Å². The number of hydrogen-bond donors (Lipinski definition) is 1. The second-order valence-corrected chi connectivity index (χ2v) is 6.34. The highest BCUT2D eigenvalue weighted by Gasteiger charge is 2.50. The summed E-state index contributed by atoms with van der Waals surface area (Å²) in [5.74, 6) is -0.482. The Bertz CT molecular complexity index is 598. The molecule has 21 heavy (non-hydrogen) atoms. The number of hydrogen-bond acceptors (Lipinski definition) is 3. The normalized spacial score (nSPS) is 24.9. The van der Waals surface area contributed by atoms with Gasteiger partial charge in [0.15, 0.2) is 0 Å². The van der Waals surface area contributed by atoms with Crippen molar-refractivity contribution in [1.29, 1.82) is 0 Å². The highest BCUT2D eigenvalue weighted by atomic mass is 19.1. The van der Waals surface area contributed by atoms with E-state index >= 15 is 0 Å². The van der Waals surface area contributed by atoms with Crippen molar-refractivity contribution < 1.29 is 14.0 Å². The quantitative estimate of drug-likeness (QED) is 0.911. The molecule has 1 atom stereocenters. The summed E-state index contributed by atoms with van der Waals surface area (Å²) in [4.78, 5) is 30.3. The molecule has 1 saturated heterocycles. The van der Waals surface area contributed by atoms with Crippen LogP contribution in [0.15, 0.2) is 18.5 Å². The van der Waals surface area contributed by atoms with Gasteiger partial charge < -0.3 is 10.2 Å². The third-order valence-corrected chi connectivity index (χ3v) is 4.02. The second kappa shape index (κ2) is 4.79. The van der Waals surface area contributed by atoms with Crippen molar-refractivity contribution in [3.8, 4) is 0 Å². The number of carbonyl (C=O) groups is 2. The summed E-state index contributed by atoms with van der Waals surface area (Å²) < 4.78 is 13.3. The van der Waals surface area contributed by atoms with E-state index in [1.165, 1.54) is 12.3 Å². The molecule has 112 valence electrons. The number of halogens is 1. The zero-order chi connectivity index (χ0) is 15.2. The van der Waals surface area contributed by atoms with Gasteiger partial charge in [-0.05, 0) is 44.2 Å². The van der Waals surface area contributed by atoms with Crippen LogP contribution in [0.25, 0.3) is 0 Å². The van der Waals surface area contributed by atoms with Crippen LogP contribution in [0.1, 0.15) is 32.3 Å². The molecule has 0 aromatic carbocycles. The first-order valence-electron chi connectivity index (χ1n) is 7.11. The van der Waals surface area contributed by atoms with E-state index in [1.54, 1.807) is 18.7 Å². The highest BCUT2D eigenvalue weighted by molar-refractivity contribution is 5.99. The van der Waals surface area contributed by atoms with Crippen LogP contribution in [-0.2, 0) is 16.1 Å². The van der Waals surface area contributed by atoms with Gasteiger partial charge in [-0.25, -0.2) is 4.39 Å². The smallest absolute Gasteiger partial charge is 0.248 e. The van der Waals surface area contributed by atoms with E-state index in [0.29, 0.717) is 5.56 Å². The largest absolute Gasteiger partial charge is 0.340 e. The molecule has 1 aromatic rings. The van der Waals surface area contributed by atoms with Gasteiger partial charge in [0, 0.05) is 12.7 Å². The van der Waals surface area contributed by atoms with Crippen LogP contribution in [0.4, 0.5) is 4.39 Å². The Kier molecular flexibility index (Phi) is 3.19. The van der Waals surface area contributed by atoms with E-state index in [9.17, 15) is 14.0 Å². The fourth-order valence-electron chi connectivity index (χ4n) is 2.85. The Balaban J connectivity index is 1.90. The molecule has 0 bridgehead atoms. The fraction of sp³-hybridized carbons (Fsp3) is 0.533. The molecule has 1 aliphatic carbocycles. The van der Waals surface area contributed by atoms with Crippen LogP contribution >= 0.6 is 0 Å². The highest BCUT2D eigenvalue weighted by Crippen LogP contribution is 2.38. The van der Waals surface area contributed by atoms with Crippen molar-refractivity contribution in [2.24, 2.45) is 5.92 Å². The van der Waals surface area contributed by atoms with Gasteiger partial charge in [0.1, 0.15) is 17.4 Å². The summed E-state index contributed by atoms with van der Waals surface area (Å²) in [6.07, 6.45) is 4.55. The van der Waals surface area contributed by atoms with Gasteiger partial charge in [0.05, 0.1) is 6.20 Å². The Morgan fingerprint density at radius 1 is 1.38 bits per heavy atom. The summed E-state index contributed by atoms with van der Waals surface area (Å²) >= 11 is 0. The molecular weight excluding hydrogens is 273 g/mol. The standard InChI is InChI=1S/C15H18FN3O2/c1-15(2)14(21)19(8-9-5-11(16)7-17-6-9)12(10-3-4-10)13(20)18-15/h5-7,10,12H,3-4,8H2,1-2H3,(H,18,20). The SMILES string of the molecule is CC1(C)NC(=O)C(C2CC2)N(Cc2cncc(F)c2)C1=O. The number of nitrogens with zero attached hydrogens (tertiary/aromatic N) is 2. The van der Waals surface area contributed by atoms with E-state index in [1.807, 2.05) is 0 Å². The minimum Gasteiger partial charge on any atom is -0.340 e. The summed E-state index contributed by atoms with van der Waals surface area (Å²) in [5, 5.41) is 2.78. The first-order valence-corrected chi connectivity index (χ1v) is 7.11. The first-order chi connectivity index (χ1) is 9.88. The Labute approximate surface area is 122 Å². The lowest BCUT2D eigenvalue weighted by Gasteiger charge is -2.43. The number of aromatic nitrogens is 1. The zero-order valence-electron chi connectivity index (χ0n) is 12.1. The van der Waals surface area contributed by atoms with E-state index in [0.717, 1.165) is 19.0 Å². The fourth-order valence-corrected chi connectivity index (χ4v) is 2.85. The number of rotatable bonds is 3. The molecule has 6 heteroatoms. The molecule has 1 saturated carbocycles. The van der Waals surface area contributed by atoms with Crippen molar-refractivity contribution in [2.45, 2.75) is 44.8 Å². The number of piperazine rings is 1. The maximum Gasteiger partial charge on any atom is 0.248 e. The topological polar surface area (TPSA) is 62.3 Å². The molecule has 0 spiro atoms. The molecule has 2 aliphatic rings. The van der Waals surface area contributed by atoms with Crippen molar-refractivity contribution in [1.82, 2.24) is 15.2 Å². The third kappa shape index (κ3) is 2.62. The van der Waals surface area contributed by atoms with Gasteiger partial charge in [-0.15, -0.1) is 0 Å². The van der Waals surface area contributed by atoms with Crippen LogP contribution < -0.4 is 5.32 Å². The van der Waals surface area contributed by atoms with Crippen LogP contribution in [0.5, 0.6) is 0 Å². The molecule has 1 aliphatic heterocycles. The monoisotopic (exact) mass is 291 g/mol. The van der Waals surface area contributed by atoms with Crippen LogP contribution in [-0.4, -0.2) is 33.3 Å². The van der Waals surface area contributed by atoms with Gasteiger partial charge in [-0.2, -0.15) is 0 Å². The third-order valence-electron chi connectivity index (χ3n) is 4.02. The summed E-state index contributed by atoms with van der Waals surface area (Å²) in [7, 11) is 0. The average Bonchev–Trinajstić information content (AvgIpc) is 3.19. The average molecular weight is 291 g/mol.